The fourth-order valence-electron chi connectivity index (χ4n) is 2.75. The molecule has 1 aliphatic heterocycles. The highest BCUT2D eigenvalue weighted by Gasteiger charge is 2.35. The molecule has 0 aromatic rings. The number of nitrogens with zero attached hydrogens (tertiary/aromatic N) is 2. The highest BCUT2D eigenvalue weighted by molar-refractivity contribution is 5.85. The lowest BCUT2D eigenvalue weighted by atomic mass is 9.82. The van der Waals surface area contributed by atoms with Crippen molar-refractivity contribution in [2.24, 2.45) is 21.7 Å². The third-order valence-electron chi connectivity index (χ3n) is 4.87. The van der Waals surface area contributed by atoms with Gasteiger partial charge in [0.15, 0.2) is 0 Å². The number of nitrogens with two attached hydrogens (primary N) is 1. The van der Waals surface area contributed by atoms with E-state index in [2.05, 4.69) is 23.9 Å². The van der Waals surface area contributed by atoms with Crippen molar-refractivity contribution in [2.75, 3.05) is 19.6 Å². The van der Waals surface area contributed by atoms with Crippen molar-refractivity contribution in [1.82, 2.24) is 4.90 Å². The Hall–Kier alpha value is -0.770. The van der Waals surface area contributed by atoms with Crippen molar-refractivity contribution in [2.45, 2.75) is 53.4 Å². The quantitative estimate of drug-likeness (QED) is 0.332. The third-order valence-corrected chi connectivity index (χ3v) is 4.87. The number of rotatable bonds is 6. The topological polar surface area (TPSA) is 61.8 Å². The van der Waals surface area contributed by atoms with Gasteiger partial charge in [-0.05, 0) is 44.2 Å². The summed E-state index contributed by atoms with van der Waals surface area (Å²) in [6, 6.07) is 0. The molecule has 1 fully saturated rings. The first kappa shape index (κ1) is 15.3. The zero-order chi connectivity index (χ0) is 13.8. The Bertz CT molecular complexity index is 295. The van der Waals surface area contributed by atoms with E-state index in [4.69, 9.17) is 10.9 Å². The van der Waals surface area contributed by atoms with Crippen LogP contribution in [0, 0.1) is 10.8 Å². The maximum Gasteiger partial charge on any atom is 0.144 e. The van der Waals surface area contributed by atoms with E-state index in [-0.39, 0.29) is 5.41 Å². The van der Waals surface area contributed by atoms with Crippen LogP contribution in [0.3, 0.4) is 0 Å². The van der Waals surface area contributed by atoms with Crippen LogP contribution >= 0.6 is 0 Å². The molecule has 0 amide bonds. The van der Waals surface area contributed by atoms with Crippen molar-refractivity contribution in [3.8, 4) is 0 Å². The molecule has 1 rings (SSSR count). The van der Waals surface area contributed by atoms with E-state index in [1.165, 1.54) is 32.4 Å². The third kappa shape index (κ3) is 3.37. The van der Waals surface area contributed by atoms with Gasteiger partial charge >= 0.3 is 0 Å². The lowest BCUT2D eigenvalue weighted by molar-refractivity contribution is 0.225. The summed E-state index contributed by atoms with van der Waals surface area (Å²) in [5, 5.41) is 11.9. The van der Waals surface area contributed by atoms with Gasteiger partial charge in [-0.1, -0.05) is 32.9 Å². The number of hydrogen-bond donors (Lipinski definition) is 2. The molecule has 0 aromatic carbocycles. The Labute approximate surface area is 111 Å². The van der Waals surface area contributed by atoms with Crippen LogP contribution in [0.5, 0.6) is 0 Å². The fourth-order valence-corrected chi connectivity index (χ4v) is 2.75. The van der Waals surface area contributed by atoms with Gasteiger partial charge in [0.1, 0.15) is 5.84 Å². The average Bonchev–Trinajstić information content (AvgIpc) is 2.80. The summed E-state index contributed by atoms with van der Waals surface area (Å²) in [5.74, 6) is 0.332. The van der Waals surface area contributed by atoms with E-state index in [0.29, 0.717) is 11.3 Å². The maximum absolute atomic E-state index is 8.77. The van der Waals surface area contributed by atoms with E-state index >= 15 is 0 Å². The molecule has 0 spiro atoms. The monoisotopic (exact) mass is 255 g/mol. The van der Waals surface area contributed by atoms with Crippen molar-refractivity contribution in [3.63, 3.8) is 0 Å². The molecule has 1 aliphatic rings. The maximum atomic E-state index is 8.77. The van der Waals surface area contributed by atoms with E-state index < -0.39 is 0 Å². The van der Waals surface area contributed by atoms with Crippen LogP contribution in [0.1, 0.15) is 53.4 Å². The second-order valence-corrected chi connectivity index (χ2v) is 6.35. The predicted octanol–water partition coefficient (Wildman–Crippen LogP) is 2.66. The summed E-state index contributed by atoms with van der Waals surface area (Å²) in [4.78, 5) is 2.53. The minimum absolute atomic E-state index is 0.224. The summed E-state index contributed by atoms with van der Waals surface area (Å²) in [6.07, 6.45) is 4.78. The predicted molar refractivity (Wildman–Crippen MR) is 75.9 cm³/mol. The lowest BCUT2D eigenvalue weighted by Crippen LogP contribution is -2.36. The van der Waals surface area contributed by atoms with E-state index in [1.807, 2.05) is 13.8 Å². The molecule has 18 heavy (non-hydrogen) atoms. The first-order valence-corrected chi connectivity index (χ1v) is 7.09. The van der Waals surface area contributed by atoms with Crippen molar-refractivity contribution < 1.29 is 5.21 Å². The Kier molecular flexibility index (Phi) is 5.02. The van der Waals surface area contributed by atoms with Gasteiger partial charge < -0.3 is 15.8 Å². The highest BCUT2D eigenvalue weighted by atomic mass is 16.4. The van der Waals surface area contributed by atoms with Crippen LogP contribution < -0.4 is 5.73 Å². The Morgan fingerprint density at radius 3 is 2.44 bits per heavy atom. The second kappa shape index (κ2) is 5.91. The highest BCUT2D eigenvalue weighted by Crippen LogP contribution is 2.37. The minimum atomic E-state index is -0.224. The van der Waals surface area contributed by atoms with Crippen LogP contribution in [0.15, 0.2) is 5.16 Å². The summed E-state index contributed by atoms with van der Waals surface area (Å²) in [7, 11) is 0. The molecular weight excluding hydrogens is 226 g/mol. The average molecular weight is 255 g/mol. The summed E-state index contributed by atoms with van der Waals surface area (Å²) in [6.45, 7) is 12.1. The molecule has 4 heteroatoms. The van der Waals surface area contributed by atoms with Crippen LogP contribution in [0.2, 0.25) is 0 Å². The van der Waals surface area contributed by atoms with Gasteiger partial charge in [-0.3, -0.25) is 0 Å². The molecule has 0 saturated carbocycles. The van der Waals surface area contributed by atoms with Gasteiger partial charge in [0.05, 0.1) is 0 Å². The molecule has 0 aromatic heterocycles. The van der Waals surface area contributed by atoms with Crippen molar-refractivity contribution in [3.05, 3.63) is 0 Å². The van der Waals surface area contributed by atoms with Crippen molar-refractivity contribution >= 4 is 5.84 Å². The number of amidine groups is 1. The van der Waals surface area contributed by atoms with Crippen LogP contribution in [0.25, 0.3) is 0 Å². The summed E-state index contributed by atoms with van der Waals surface area (Å²) < 4.78 is 0. The minimum Gasteiger partial charge on any atom is -0.409 e. The van der Waals surface area contributed by atoms with Gasteiger partial charge in [0.2, 0.25) is 0 Å². The fraction of sp³-hybridized carbons (Fsp3) is 0.929. The smallest absolute Gasteiger partial charge is 0.144 e. The second-order valence-electron chi connectivity index (χ2n) is 6.35. The molecule has 4 nitrogen and oxygen atoms in total. The Morgan fingerprint density at radius 2 is 2.00 bits per heavy atom. The van der Waals surface area contributed by atoms with Crippen LogP contribution in [0.4, 0.5) is 0 Å². The van der Waals surface area contributed by atoms with Gasteiger partial charge in [0.25, 0.3) is 0 Å². The largest absolute Gasteiger partial charge is 0.409 e. The van der Waals surface area contributed by atoms with Crippen LogP contribution in [-0.4, -0.2) is 35.6 Å². The van der Waals surface area contributed by atoms with Crippen molar-refractivity contribution in [1.29, 1.82) is 0 Å². The van der Waals surface area contributed by atoms with E-state index in [9.17, 15) is 0 Å². The van der Waals surface area contributed by atoms with Gasteiger partial charge in [0, 0.05) is 12.0 Å². The first-order valence-electron chi connectivity index (χ1n) is 7.09. The standard InChI is InChI=1S/C14H29N3O/c1-5-14(6-2)8-10-17(11-14)9-7-13(3,4)12(15)16-18/h18H,5-11H2,1-4H3,(H2,15,16). The molecule has 0 aliphatic carbocycles. The first-order chi connectivity index (χ1) is 8.39. The zero-order valence-corrected chi connectivity index (χ0v) is 12.4. The Morgan fingerprint density at radius 1 is 1.39 bits per heavy atom. The number of hydrogen-bond acceptors (Lipinski definition) is 3. The van der Waals surface area contributed by atoms with E-state index in [0.717, 1.165) is 13.0 Å². The summed E-state index contributed by atoms with van der Waals surface area (Å²) in [5.41, 5.74) is 6.03. The molecule has 0 radical (unpaired) electrons. The SMILES string of the molecule is CCC1(CC)CCN(CCC(C)(C)C(N)=NO)C1. The van der Waals surface area contributed by atoms with Gasteiger partial charge in [-0.2, -0.15) is 0 Å². The van der Waals surface area contributed by atoms with E-state index in [1.54, 1.807) is 0 Å². The molecule has 0 unspecified atom stereocenters. The molecule has 1 heterocycles. The molecule has 1 saturated heterocycles. The van der Waals surface area contributed by atoms with Gasteiger partial charge in [-0.25, -0.2) is 0 Å². The van der Waals surface area contributed by atoms with Gasteiger partial charge in [-0.15, -0.1) is 0 Å². The lowest BCUT2D eigenvalue weighted by Gasteiger charge is -2.29. The molecule has 3 N–H and O–H groups in total. The molecule has 0 atom stereocenters. The normalized spacial score (nSPS) is 21.4. The number of oxime groups is 1. The number of likely N-dealkylation sites (tertiary alicyclic amines) is 1. The molecule has 106 valence electrons. The molecular formula is C14H29N3O. The zero-order valence-electron chi connectivity index (χ0n) is 12.4. The molecule has 0 bridgehead atoms. The van der Waals surface area contributed by atoms with Crippen LogP contribution in [-0.2, 0) is 0 Å². The Balaban J connectivity index is 2.47. The summed E-state index contributed by atoms with van der Waals surface area (Å²) >= 11 is 0.